The van der Waals surface area contributed by atoms with Gasteiger partial charge in [-0.05, 0) is 48.6 Å². The monoisotopic (exact) mass is 354 g/mol. The molecule has 0 N–H and O–H groups in total. The van der Waals surface area contributed by atoms with Crippen LogP contribution < -0.4 is 4.90 Å². The van der Waals surface area contributed by atoms with Gasteiger partial charge in [-0.15, -0.1) is 5.10 Å². The summed E-state index contributed by atoms with van der Waals surface area (Å²) < 4.78 is 13.0. The number of amides is 1. The standard InChI is InChI=1S/C20H23FN4O/c1-24(19-3-2-10-22-23-19)18-9-6-15-12-25(13-17(15)18)20(26)11-14-4-7-16(21)8-5-14/h2-5,7-8,10,15,17-18H,6,9,11-13H2,1H3/t15-,17+,18-/m1/s1. The molecule has 1 aromatic carbocycles. The van der Waals surface area contributed by atoms with Crippen LogP contribution in [-0.4, -0.2) is 47.2 Å². The second-order valence-corrected chi connectivity index (χ2v) is 7.36. The number of benzene rings is 1. The van der Waals surface area contributed by atoms with Crippen molar-refractivity contribution in [3.63, 3.8) is 0 Å². The first-order valence-electron chi connectivity index (χ1n) is 9.14. The quantitative estimate of drug-likeness (QED) is 0.847. The van der Waals surface area contributed by atoms with Crippen LogP contribution in [0, 0.1) is 17.7 Å². The number of fused-ring (bicyclic) bond motifs is 1. The van der Waals surface area contributed by atoms with Crippen molar-refractivity contribution in [1.82, 2.24) is 15.1 Å². The summed E-state index contributed by atoms with van der Waals surface area (Å²) in [4.78, 5) is 16.9. The van der Waals surface area contributed by atoms with Gasteiger partial charge in [-0.3, -0.25) is 4.79 Å². The Labute approximate surface area is 152 Å². The minimum atomic E-state index is -0.271. The summed E-state index contributed by atoms with van der Waals surface area (Å²) in [6.07, 6.45) is 4.28. The first-order valence-corrected chi connectivity index (χ1v) is 9.14. The molecule has 2 aromatic rings. The molecular weight excluding hydrogens is 331 g/mol. The van der Waals surface area contributed by atoms with Crippen LogP contribution in [0.2, 0.25) is 0 Å². The molecule has 1 saturated heterocycles. The molecule has 2 fully saturated rings. The lowest BCUT2D eigenvalue weighted by atomic mass is 9.97. The molecule has 5 nitrogen and oxygen atoms in total. The molecule has 0 radical (unpaired) electrons. The summed E-state index contributed by atoms with van der Waals surface area (Å²) in [5.41, 5.74) is 0.863. The van der Waals surface area contributed by atoms with Crippen LogP contribution in [0.1, 0.15) is 18.4 Å². The minimum absolute atomic E-state index is 0.131. The molecule has 6 heteroatoms. The third-order valence-corrected chi connectivity index (χ3v) is 5.86. The predicted molar refractivity (Wildman–Crippen MR) is 97.1 cm³/mol. The number of nitrogens with zero attached hydrogens (tertiary/aromatic N) is 4. The fraction of sp³-hybridized carbons (Fsp3) is 0.450. The van der Waals surface area contributed by atoms with E-state index in [4.69, 9.17) is 0 Å². The summed E-state index contributed by atoms with van der Waals surface area (Å²) in [5, 5.41) is 8.20. The molecule has 4 rings (SSSR count). The second-order valence-electron chi connectivity index (χ2n) is 7.36. The van der Waals surface area contributed by atoms with Crippen molar-refractivity contribution in [3.05, 3.63) is 54.0 Å². The number of hydrogen-bond acceptors (Lipinski definition) is 4. The van der Waals surface area contributed by atoms with Crippen molar-refractivity contribution in [3.8, 4) is 0 Å². The topological polar surface area (TPSA) is 49.3 Å². The van der Waals surface area contributed by atoms with Crippen LogP contribution in [0.15, 0.2) is 42.6 Å². The molecular formula is C20H23FN4O. The maximum absolute atomic E-state index is 13.0. The van der Waals surface area contributed by atoms with Crippen molar-refractivity contribution in [2.75, 3.05) is 25.0 Å². The van der Waals surface area contributed by atoms with Crippen molar-refractivity contribution in [2.24, 2.45) is 11.8 Å². The number of anilines is 1. The first kappa shape index (κ1) is 16.9. The molecule has 1 saturated carbocycles. The van der Waals surface area contributed by atoms with Crippen LogP contribution in [0.4, 0.5) is 10.2 Å². The van der Waals surface area contributed by atoms with Crippen molar-refractivity contribution in [2.45, 2.75) is 25.3 Å². The summed E-state index contributed by atoms with van der Waals surface area (Å²) >= 11 is 0. The van der Waals surface area contributed by atoms with E-state index < -0.39 is 0 Å². The molecule has 3 atom stereocenters. The van der Waals surface area contributed by atoms with Gasteiger partial charge in [0.2, 0.25) is 5.91 Å². The SMILES string of the molecule is CN(c1cccnn1)[C@@H]1CC[C@@H]2CN(C(=O)Cc3ccc(F)cc3)C[C@@H]21. The highest BCUT2D eigenvalue weighted by Crippen LogP contribution is 2.41. The predicted octanol–water partition coefficient (Wildman–Crippen LogP) is 2.53. The van der Waals surface area contributed by atoms with Crippen LogP contribution >= 0.6 is 0 Å². The maximum atomic E-state index is 13.0. The molecule has 0 unspecified atom stereocenters. The third-order valence-electron chi connectivity index (χ3n) is 5.86. The molecule has 2 heterocycles. The van der Waals surface area contributed by atoms with Crippen molar-refractivity contribution >= 4 is 11.7 Å². The van der Waals surface area contributed by atoms with Gasteiger partial charge in [0.05, 0.1) is 6.42 Å². The molecule has 2 aliphatic rings. The van der Waals surface area contributed by atoms with Gasteiger partial charge in [0.1, 0.15) is 5.82 Å². The largest absolute Gasteiger partial charge is 0.355 e. The van der Waals surface area contributed by atoms with E-state index in [1.807, 2.05) is 17.0 Å². The summed E-state index contributed by atoms with van der Waals surface area (Å²) in [6, 6.07) is 10.5. The summed E-state index contributed by atoms with van der Waals surface area (Å²) in [7, 11) is 2.07. The van der Waals surface area contributed by atoms with E-state index >= 15 is 0 Å². The van der Waals surface area contributed by atoms with E-state index in [1.54, 1.807) is 18.3 Å². The van der Waals surface area contributed by atoms with Gasteiger partial charge in [0.15, 0.2) is 5.82 Å². The molecule has 1 amide bonds. The average molecular weight is 354 g/mol. The molecule has 0 bridgehead atoms. The van der Waals surface area contributed by atoms with E-state index in [-0.39, 0.29) is 11.7 Å². The Bertz CT molecular complexity index is 767. The number of aromatic nitrogens is 2. The zero-order chi connectivity index (χ0) is 18.1. The van der Waals surface area contributed by atoms with Crippen LogP contribution in [0.3, 0.4) is 0 Å². The van der Waals surface area contributed by atoms with E-state index in [2.05, 4.69) is 22.1 Å². The van der Waals surface area contributed by atoms with Crippen molar-refractivity contribution < 1.29 is 9.18 Å². The van der Waals surface area contributed by atoms with Crippen LogP contribution in [0.25, 0.3) is 0 Å². The Morgan fingerprint density at radius 3 is 2.77 bits per heavy atom. The Hall–Kier alpha value is -2.50. The van der Waals surface area contributed by atoms with E-state index in [0.29, 0.717) is 24.3 Å². The van der Waals surface area contributed by atoms with Gasteiger partial charge >= 0.3 is 0 Å². The van der Waals surface area contributed by atoms with E-state index in [1.165, 1.54) is 12.1 Å². The van der Waals surface area contributed by atoms with Gasteiger partial charge in [-0.25, -0.2) is 4.39 Å². The number of halogens is 1. The maximum Gasteiger partial charge on any atom is 0.227 e. The first-order chi connectivity index (χ1) is 12.6. The van der Waals surface area contributed by atoms with Gasteiger partial charge in [0.25, 0.3) is 0 Å². The minimum Gasteiger partial charge on any atom is -0.355 e. The number of carbonyl (C=O) groups is 1. The second kappa shape index (κ2) is 7.02. The van der Waals surface area contributed by atoms with Crippen molar-refractivity contribution in [1.29, 1.82) is 0 Å². The number of rotatable bonds is 4. The molecule has 1 aliphatic carbocycles. The highest BCUT2D eigenvalue weighted by Gasteiger charge is 2.45. The normalized spacial score (nSPS) is 24.5. The molecule has 1 aromatic heterocycles. The zero-order valence-electron chi connectivity index (χ0n) is 14.9. The fourth-order valence-electron chi connectivity index (χ4n) is 4.46. The van der Waals surface area contributed by atoms with Gasteiger partial charge < -0.3 is 9.80 Å². The van der Waals surface area contributed by atoms with E-state index in [0.717, 1.165) is 37.3 Å². The smallest absolute Gasteiger partial charge is 0.227 e. The Morgan fingerprint density at radius 2 is 2.04 bits per heavy atom. The number of likely N-dealkylation sites (tertiary alicyclic amines) is 1. The average Bonchev–Trinajstić information content (AvgIpc) is 3.24. The molecule has 26 heavy (non-hydrogen) atoms. The molecule has 0 spiro atoms. The number of carbonyl (C=O) groups excluding carboxylic acids is 1. The zero-order valence-corrected chi connectivity index (χ0v) is 14.9. The third kappa shape index (κ3) is 3.28. The van der Waals surface area contributed by atoms with E-state index in [9.17, 15) is 9.18 Å². The van der Waals surface area contributed by atoms with Gasteiger partial charge in [-0.2, -0.15) is 5.10 Å². The number of hydrogen-bond donors (Lipinski definition) is 0. The summed E-state index contributed by atoms with van der Waals surface area (Å²) in [5.74, 6) is 1.77. The fourth-order valence-corrected chi connectivity index (χ4v) is 4.46. The lowest BCUT2D eigenvalue weighted by Gasteiger charge is -2.30. The Balaban J connectivity index is 1.41. The lowest BCUT2D eigenvalue weighted by molar-refractivity contribution is -0.129. The Morgan fingerprint density at radius 1 is 1.23 bits per heavy atom. The van der Waals surface area contributed by atoms with Gasteiger partial charge in [0, 0.05) is 38.3 Å². The summed E-state index contributed by atoms with van der Waals surface area (Å²) in [6.45, 7) is 1.62. The highest BCUT2D eigenvalue weighted by molar-refractivity contribution is 5.79. The van der Waals surface area contributed by atoms with Gasteiger partial charge in [-0.1, -0.05) is 12.1 Å². The highest BCUT2D eigenvalue weighted by atomic mass is 19.1. The van der Waals surface area contributed by atoms with Crippen LogP contribution in [0.5, 0.6) is 0 Å². The van der Waals surface area contributed by atoms with Crippen LogP contribution in [-0.2, 0) is 11.2 Å². The lowest BCUT2D eigenvalue weighted by Crippen LogP contribution is -2.39. The molecule has 1 aliphatic heterocycles. The Kier molecular flexibility index (Phi) is 4.57. The molecule has 136 valence electrons.